The largest absolute Gasteiger partial charge is 0.438 e. The average Bonchev–Trinajstić information content (AvgIpc) is 2.62. The van der Waals surface area contributed by atoms with Crippen LogP contribution in [0.2, 0.25) is 0 Å². The second kappa shape index (κ2) is 20.2. The van der Waals surface area contributed by atoms with Crippen LogP contribution in [0.1, 0.15) is 19.8 Å². The number of ether oxygens (including phenoxy) is 7. The lowest BCUT2D eigenvalue weighted by molar-refractivity contribution is -0.158. The molecule has 9 nitrogen and oxygen atoms in total. The summed E-state index contributed by atoms with van der Waals surface area (Å²) in [5.41, 5.74) is 0. The van der Waals surface area contributed by atoms with Crippen molar-refractivity contribution in [3.05, 3.63) is 0 Å². The molecule has 26 heavy (non-hydrogen) atoms. The number of Topliss-reactive ketones (excluding diaryl/α,β-unsaturated/α-hetero) is 1. The Kier molecular flexibility index (Phi) is 19.4. The molecule has 0 radical (unpaired) electrons. The Balaban J connectivity index is 3.09. The Bertz CT molecular complexity index is 336. The minimum Gasteiger partial charge on any atom is -0.438 e. The van der Waals surface area contributed by atoms with Gasteiger partial charge in [0.2, 0.25) is 0 Å². The van der Waals surface area contributed by atoms with E-state index in [1.165, 1.54) is 6.92 Å². The van der Waals surface area contributed by atoms with Crippen LogP contribution in [0.25, 0.3) is 0 Å². The first-order valence-corrected chi connectivity index (χ1v) is 8.69. The SMILES string of the molecule is COCCOCCOCCOCCOCCOCOC(=O)CCC(C)=O. The molecule has 9 heteroatoms. The monoisotopic (exact) mass is 380 g/mol. The number of ketones is 1. The predicted octanol–water partition coefficient (Wildman–Crippen LogP) is 0.586. The Labute approximate surface area is 155 Å². The molecule has 0 saturated heterocycles. The molecule has 0 spiro atoms. The van der Waals surface area contributed by atoms with Gasteiger partial charge in [-0.3, -0.25) is 4.79 Å². The van der Waals surface area contributed by atoms with Crippen molar-refractivity contribution in [2.45, 2.75) is 19.8 Å². The lowest BCUT2D eigenvalue weighted by Gasteiger charge is -2.08. The summed E-state index contributed by atoms with van der Waals surface area (Å²) in [6, 6.07) is 0. The number of methoxy groups -OCH3 is 1. The number of carbonyl (C=O) groups is 2. The van der Waals surface area contributed by atoms with Crippen molar-refractivity contribution in [1.82, 2.24) is 0 Å². The summed E-state index contributed by atoms with van der Waals surface area (Å²) in [5, 5.41) is 0. The molecule has 0 aliphatic heterocycles. The summed E-state index contributed by atoms with van der Waals surface area (Å²) in [6.07, 6.45) is 0.270. The van der Waals surface area contributed by atoms with Crippen molar-refractivity contribution in [3.63, 3.8) is 0 Å². The van der Waals surface area contributed by atoms with Gasteiger partial charge in [-0.25, -0.2) is 0 Å². The number of hydrogen-bond acceptors (Lipinski definition) is 9. The van der Waals surface area contributed by atoms with Crippen molar-refractivity contribution < 1.29 is 42.7 Å². The molecule has 0 atom stereocenters. The molecular weight excluding hydrogens is 348 g/mol. The lowest BCUT2D eigenvalue weighted by atomic mass is 10.2. The van der Waals surface area contributed by atoms with Crippen LogP contribution in [-0.4, -0.2) is 91.7 Å². The summed E-state index contributed by atoms with van der Waals surface area (Å²) < 4.78 is 35.9. The molecule has 0 bridgehead atoms. The Hall–Kier alpha value is -1.10. The highest BCUT2D eigenvalue weighted by atomic mass is 16.7. The first-order valence-electron chi connectivity index (χ1n) is 8.69. The highest BCUT2D eigenvalue weighted by Crippen LogP contribution is 1.94. The van der Waals surface area contributed by atoms with Crippen LogP contribution in [0.4, 0.5) is 0 Å². The molecule has 0 aromatic heterocycles. The maximum Gasteiger partial charge on any atom is 0.308 e. The molecule has 0 N–H and O–H groups in total. The zero-order valence-electron chi connectivity index (χ0n) is 15.9. The van der Waals surface area contributed by atoms with Gasteiger partial charge in [0.05, 0.1) is 72.5 Å². The zero-order chi connectivity index (χ0) is 19.3. The molecular formula is C17H32O9. The summed E-state index contributed by atoms with van der Waals surface area (Å²) in [4.78, 5) is 21.9. The van der Waals surface area contributed by atoms with E-state index in [2.05, 4.69) is 0 Å². The van der Waals surface area contributed by atoms with E-state index in [1.54, 1.807) is 7.11 Å². The van der Waals surface area contributed by atoms with E-state index in [9.17, 15) is 9.59 Å². The molecule has 0 aliphatic rings. The van der Waals surface area contributed by atoms with Gasteiger partial charge in [0, 0.05) is 13.5 Å². The maximum atomic E-state index is 11.2. The van der Waals surface area contributed by atoms with Crippen molar-refractivity contribution in [2.75, 3.05) is 80.0 Å². The average molecular weight is 380 g/mol. The van der Waals surface area contributed by atoms with Gasteiger partial charge in [-0.1, -0.05) is 0 Å². The quantitative estimate of drug-likeness (QED) is 0.171. The van der Waals surface area contributed by atoms with E-state index < -0.39 is 5.97 Å². The van der Waals surface area contributed by atoms with Gasteiger partial charge in [0.1, 0.15) is 5.78 Å². The third-order valence-electron chi connectivity index (χ3n) is 2.90. The Morgan fingerprint density at radius 1 is 0.615 bits per heavy atom. The van der Waals surface area contributed by atoms with Crippen LogP contribution in [0, 0.1) is 0 Å². The van der Waals surface area contributed by atoms with Crippen molar-refractivity contribution in [1.29, 1.82) is 0 Å². The van der Waals surface area contributed by atoms with Crippen LogP contribution in [0.15, 0.2) is 0 Å². The summed E-state index contributed by atoms with van der Waals surface area (Å²) in [6.45, 7) is 6.12. The first-order chi connectivity index (χ1) is 12.7. The molecule has 0 aromatic carbocycles. The smallest absolute Gasteiger partial charge is 0.308 e. The highest BCUT2D eigenvalue weighted by Gasteiger charge is 2.04. The van der Waals surface area contributed by atoms with Gasteiger partial charge in [0.15, 0.2) is 6.79 Å². The molecule has 0 saturated carbocycles. The second-order valence-corrected chi connectivity index (χ2v) is 5.19. The third-order valence-corrected chi connectivity index (χ3v) is 2.90. The molecule has 0 fully saturated rings. The van der Waals surface area contributed by atoms with Gasteiger partial charge >= 0.3 is 5.97 Å². The van der Waals surface area contributed by atoms with E-state index in [0.29, 0.717) is 66.1 Å². The summed E-state index contributed by atoms with van der Waals surface area (Å²) in [7, 11) is 1.63. The maximum absolute atomic E-state index is 11.2. The van der Waals surface area contributed by atoms with E-state index >= 15 is 0 Å². The second-order valence-electron chi connectivity index (χ2n) is 5.19. The minimum absolute atomic E-state index is 0.0444. The van der Waals surface area contributed by atoms with E-state index in [4.69, 9.17) is 33.2 Å². The van der Waals surface area contributed by atoms with Crippen molar-refractivity contribution in [3.8, 4) is 0 Å². The van der Waals surface area contributed by atoms with Crippen LogP contribution in [0.3, 0.4) is 0 Å². The minimum atomic E-state index is -0.446. The lowest BCUT2D eigenvalue weighted by Crippen LogP contribution is -2.15. The fraction of sp³-hybridized carbons (Fsp3) is 0.882. The topological polar surface area (TPSA) is 98.8 Å². The standard InChI is InChI=1S/C17H32O9/c1-16(18)3-4-17(19)26-15-25-14-13-24-12-11-23-10-9-22-8-7-21-6-5-20-2/h3-15H2,1-2H3. The molecule has 0 rings (SSSR count). The van der Waals surface area contributed by atoms with E-state index in [1.807, 2.05) is 0 Å². The summed E-state index contributed by atoms with van der Waals surface area (Å²) >= 11 is 0. The number of rotatable bonds is 20. The van der Waals surface area contributed by atoms with Crippen LogP contribution < -0.4 is 0 Å². The fourth-order valence-corrected chi connectivity index (χ4v) is 1.54. The van der Waals surface area contributed by atoms with Crippen LogP contribution in [0.5, 0.6) is 0 Å². The zero-order valence-corrected chi connectivity index (χ0v) is 15.9. The van der Waals surface area contributed by atoms with Crippen molar-refractivity contribution in [2.24, 2.45) is 0 Å². The van der Waals surface area contributed by atoms with Gasteiger partial charge in [-0.15, -0.1) is 0 Å². The molecule has 0 aliphatic carbocycles. The predicted molar refractivity (Wildman–Crippen MR) is 92.0 cm³/mol. The van der Waals surface area contributed by atoms with Crippen LogP contribution >= 0.6 is 0 Å². The first kappa shape index (κ1) is 24.9. The molecule has 0 heterocycles. The van der Waals surface area contributed by atoms with Gasteiger partial charge in [-0.2, -0.15) is 0 Å². The van der Waals surface area contributed by atoms with Gasteiger partial charge in [-0.05, 0) is 6.92 Å². The third kappa shape index (κ3) is 20.9. The van der Waals surface area contributed by atoms with Gasteiger partial charge in [0.25, 0.3) is 0 Å². The number of hydrogen-bond donors (Lipinski definition) is 0. The van der Waals surface area contributed by atoms with E-state index in [-0.39, 0.29) is 25.4 Å². The number of carbonyl (C=O) groups excluding carboxylic acids is 2. The molecule has 0 unspecified atom stereocenters. The number of esters is 1. The highest BCUT2D eigenvalue weighted by molar-refractivity contribution is 5.80. The van der Waals surface area contributed by atoms with Crippen LogP contribution in [-0.2, 0) is 42.7 Å². The van der Waals surface area contributed by atoms with E-state index in [0.717, 1.165) is 0 Å². The molecule has 0 aromatic rings. The van der Waals surface area contributed by atoms with Gasteiger partial charge < -0.3 is 38.0 Å². The Morgan fingerprint density at radius 2 is 1.04 bits per heavy atom. The van der Waals surface area contributed by atoms with Crippen molar-refractivity contribution >= 4 is 11.8 Å². The summed E-state index contributed by atoms with van der Waals surface area (Å²) in [5.74, 6) is -0.490. The fourth-order valence-electron chi connectivity index (χ4n) is 1.54. The Morgan fingerprint density at radius 3 is 1.46 bits per heavy atom. The molecule has 0 amide bonds. The molecule has 154 valence electrons. The normalized spacial score (nSPS) is 10.8.